The van der Waals surface area contributed by atoms with E-state index >= 15 is 0 Å². The normalized spacial score (nSPS) is 10.4. The van der Waals surface area contributed by atoms with Crippen molar-refractivity contribution in [3.63, 3.8) is 0 Å². The van der Waals surface area contributed by atoms with Gasteiger partial charge in [-0.2, -0.15) is 0 Å². The van der Waals surface area contributed by atoms with Crippen LogP contribution in [0.15, 0.2) is 33.6 Å². The van der Waals surface area contributed by atoms with Gasteiger partial charge in [-0.05, 0) is 17.7 Å². The Hall–Kier alpha value is -1.27. The molecule has 1 aromatic carbocycles. The van der Waals surface area contributed by atoms with Crippen molar-refractivity contribution in [2.45, 2.75) is 6.54 Å². The number of rotatable bonds is 3. The molecule has 2 rings (SSSR count). The summed E-state index contributed by atoms with van der Waals surface area (Å²) >= 11 is 4.66. The Balaban J connectivity index is 2.11. The second kappa shape index (κ2) is 5.58. The van der Waals surface area contributed by atoms with E-state index < -0.39 is 0 Å². The van der Waals surface area contributed by atoms with E-state index in [4.69, 9.17) is 0 Å². The lowest BCUT2D eigenvalue weighted by Gasteiger charge is -2.16. The highest BCUT2D eigenvalue weighted by Crippen LogP contribution is 2.20. The molecule has 0 saturated heterocycles. The fourth-order valence-corrected chi connectivity index (χ4v) is 2.49. The molecule has 0 N–H and O–H groups in total. The zero-order valence-corrected chi connectivity index (χ0v) is 12.0. The summed E-state index contributed by atoms with van der Waals surface area (Å²) in [4.78, 5) is 17.5. The van der Waals surface area contributed by atoms with Gasteiger partial charge >= 0.3 is 0 Å². The Bertz CT molecular complexity index is 559. The van der Waals surface area contributed by atoms with Crippen LogP contribution in [0.1, 0.15) is 16.1 Å². The summed E-state index contributed by atoms with van der Waals surface area (Å²) in [5, 5.41) is 1.71. The van der Waals surface area contributed by atoms with Gasteiger partial charge < -0.3 is 4.90 Å². The molecule has 0 unspecified atom stereocenters. The predicted molar refractivity (Wildman–Crippen MR) is 72.0 cm³/mol. The van der Waals surface area contributed by atoms with E-state index in [9.17, 15) is 9.18 Å². The number of halogens is 2. The number of carbonyl (C=O) groups is 1. The van der Waals surface area contributed by atoms with Crippen molar-refractivity contribution in [1.29, 1.82) is 0 Å². The van der Waals surface area contributed by atoms with Crippen LogP contribution in [0.2, 0.25) is 0 Å². The van der Waals surface area contributed by atoms with Crippen LogP contribution in [0, 0.1) is 5.82 Å². The summed E-state index contributed by atoms with van der Waals surface area (Å²) in [5.74, 6) is -0.452. The van der Waals surface area contributed by atoms with Gasteiger partial charge in [0.2, 0.25) is 0 Å². The molecule has 0 fully saturated rings. The van der Waals surface area contributed by atoms with Gasteiger partial charge in [0.05, 0.1) is 5.51 Å². The molecule has 94 valence electrons. The quantitative estimate of drug-likeness (QED) is 0.865. The minimum atomic E-state index is -0.306. The lowest BCUT2D eigenvalue weighted by Crippen LogP contribution is -2.26. The van der Waals surface area contributed by atoms with Crippen LogP contribution < -0.4 is 0 Å². The number of carbonyl (C=O) groups excluding carboxylic acids is 1. The predicted octanol–water partition coefficient (Wildman–Crippen LogP) is 3.32. The molecular formula is C12H10BrFN2OS. The molecule has 18 heavy (non-hydrogen) atoms. The third-order valence-corrected chi connectivity index (χ3v) is 3.75. The summed E-state index contributed by atoms with van der Waals surface area (Å²) in [6, 6.07) is 4.42. The van der Waals surface area contributed by atoms with Crippen molar-refractivity contribution < 1.29 is 9.18 Å². The standard InChI is InChI=1S/C12H10BrFN2OS/c1-16(12(17)11-6-18-7-15-11)5-8-2-3-9(14)4-10(8)13/h2-4,6-7H,5H2,1H3. The van der Waals surface area contributed by atoms with Crippen molar-refractivity contribution in [2.75, 3.05) is 7.05 Å². The minimum absolute atomic E-state index is 0.146. The lowest BCUT2D eigenvalue weighted by atomic mass is 10.2. The Labute approximate surface area is 116 Å². The third kappa shape index (κ3) is 2.94. The molecule has 0 aliphatic rings. The molecule has 0 saturated carbocycles. The van der Waals surface area contributed by atoms with Crippen molar-refractivity contribution >= 4 is 33.2 Å². The molecule has 2 aromatic rings. The average Bonchev–Trinajstić information content (AvgIpc) is 2.85. The maximum absolute atomic E-state index is 12.9. The Morgan fingerprint density at radius 1 is 1.56 bits per heavy atom. The first kappa shape index (κ1) is 13.2. The Morgan fingerprint density at radius 2 is 2.33 bits per heavy atom. The maximum atomic E-state index is 12.9. The first-order valence-corrected chi connectivity index (χ1v) is 6.89. The number of hydrogen-bond acceptors (Lipinski definition) is 3. The number of benzene rings is 1. The van der Waals surface area contributed by atoms with E-state index in [1.165, 1.54) is 23.5 Å². The zero-order chi connectivity index (χ0) is 13.1. The van der Waals surface area contributed by atoms with Crippen molar-refractivity contribution in [1.82, 2.24) is 9.88 Å². The van der Waals surface area contributed by atoms with E-state index in [-0.39, 0.29) is 11.7 Å². The molecular weight excluding hydrogens is 319 g/mol. The van der Waals surface area contributed by atoms with E-state index in [1.54, 1.807) is 28.9 Å². The minimum Gasteiger partial charge on any atom is -0.336 e. The first-order valence-electron chi connectivity index (χ1n) is 5.15. The smallest absolute Gasteiger partial charge is 0.273 e. The van der Waals surface area contributed by atoms with Crippen molar-refractivity contribution in [3.8, 4) is 0 Å². The van der Waals surface area contributed by atoms with Gasteiger partial charge in [-0.1, -0.05) is 22.0 Å². The second-order valence-electron chi connectivity index (χ2n) is 3.77. The van der Waals surface area contributed by atoms with E-state index in [2.05, 4.69) is 20.9 Å². The molecule has 6 heteroatoms. The van der Waals surface area contributed by atoms with Crippen LogP contribution in [0.5, 0.6) is 0 Å². The Morgan fingerprint density at radius 3 is 2.94 bits per heavy atom. The SMILES string of the molecule is CN(Cc1ccc(F)cc1Br)C(=O)c1cscn1. The maximum Gasteiger partial charge on any atom is 0.273 e. The number of amides is 1. The summed E-state index contributed by atoms with van der Waals surface area (Å²) in [5.41, 5.74) is 2.90. The molecule has 3 nitrogen and oxygen atoms in total. The average molecular weight is 329 g/mol. The third-order valence-electron chi connectivity index (χ3n) is 2.42. The Kier molecular flexibility index (Phi) is 4.08. The van der Waals surface area contributed by atoms with Crippen LogP contribution in [0.3, 0.4) is 0 Å². The van der Waals surface area contributed by atoms with E-state index in [1.807, 2.05) is 0 Å². The molecule has 0 aliphatic carbocycles. The highest BCUT2D eigenvalue weighted by atomic mass is 79.9. The van der Waals surface area contributed by atoms with Gasteiger partial charge in [0.15, 0.2) is 0 Å². The van der Waals surface area contributed by atoms with Crippen LogP contribution in [-0.2, 0) is 6.54 Å². The summed E-state index contributed by atoms with van der Waals surface area (Å²) < 4.78 is 13.6. The fourth-order valence-electron chi connectivity index (χ4n) is 1.49. The molecule has 0 spiro atoms. The lowest BCUT2D eigenvalue weighted by molar-refractivity contribution is 0.0780. The van der Waals surface area contributed by atoms with Crippen LogP contribution >= 0.6 is 27.3 Å². The molecule has 1 heterocycles. The number of aromatic nitrogens is 1. The molecule has 1 aromatic heterocycles. The van der Waals surface area contributed by atoms with Crippen molar-refractivity contribution in [2.24, 2.45) is 0 Å². The van der Waals surface area contributed by atoms with Gasteiger partial charge in [0, 0.05) is 23.4 Å². The number of thiazole rings is 1. The number of hydrogen-bond donors (Lipinski definition) is 0. The van der Waals surface area contributed by atoms with Gasteiger partial charge in [-0.25, -0.2) is 9.37 Å². The van der Waals surface area contributed by atoms with Gasteiger partial charge in [-0.15, -0.1) is 11.3 Å². The fraction of sp³-hybridized carbons (Fsp3) is 0.167. The highest BCUT2D eigenvalue weighted by molar-refractivity contribution is 9.10. The summed E-state index contributed by atoms with van der Waals surface area (Å²) in [7, 11) is 1.69. The van der Waals surface area contributed by atoms with E-state index in [0.29, 0.717) is 16.7 Å². The van der Waals surface area contributed by atoms with Gasteiger partial charge in [0.25, 0.3) is 5.91 Å². The molecule has 0 bridgehead atoms. The molecule has 0 aliphatic heterocycles. The summed E-state index contributed by atoms with van der Waals surface area (Å²) in [6.45, 7) is 0.400. The first-order chi connectivity index (χ1) is 8.58. The molecule has 1 amide bonds. The van der Waals surface area contributed by atoms with Crippen molar-refractivity contribution in [3.05, 3.63) is 50.6 Å². The largest absolute Gasteiger partial charge is 0.336 e. The van der Waals surface area contributed by atoms with Crippen LogP contribution in [0.4, 0.5) is 4.39 Å². The van der Waals surface area contributed by atoms with Gasteiger partial charge in [0.1, 0.15) is 11.5 Å². The van der Waals surface area contributed by atoms with Crippen LogP contribution in [-0.4, -0.2) is 22.8 Å². The topological polar surface area (TPSA) is 33.2 Å². The monoisotopic (exact) mass is 328 g/mol. The zero-order valence-electron chi connectivity index (χ0n) is 9.56. The highest BCUT2D eigenvalue weighted by Gasteiger charge is 2.14. The molecule has 0 atom stereocenters. The number of nitrogens with zero attached hydrogens (tertiary/aromatic N) is 2. The second-order valence-corrected chi connectivity index (χ2v) is 5.34. The summed E-state index contributed by atoms with van der Waals surface area (Å²) in [6.07, 6.45) is 0. The van der Waals surface area contributed by atoms with Crippen LogP contribution in [0.25, 0.3) is 0 Å². The van der Waals surface area contributed by atoms with E-state index in [0.717, 1.165) is 5.56 Å². The molecule has 0 radical (unpaired) electrons. The van der Waals surface area contributed by atoms with Gasteiger partial charge in [-0.3, -0.25) is 4.79 Å².